The van der Waals surface area contributed by atoms with Gasteiger partial charge in [0, 0.05) is 37.9 Å². The van der Waals surface area contributed by atoms with Gasteiger partial charge in [-0.25, -0.2) is 4.79 Å². The summed E-state index contributed by atoms with van der Waals surface area (Å²) in [5, 5.41) is 11.6. The number of carbonyl (C=O) groups excluding carboxylic acids is 2. The average molecular weight is 467 g/mol. The molecule has 2 N–H and O–H groups in total. The number of ether oxygens (including phenoxy) is 1. The summed E-state index contributed by atoms with van der Waals surface area (Å²) in [4.78, 5) is 37.3. The molecule has 7 nitrogen and oxygen atoms in total. The molecule has 2 amide bonds. The number of hydrogen-bond donors (Lipinski definition) is 2. The van der Waals surface area contributed by atoms with Crippen molar-refractivity contribution in [2.24, 2.45) is 5.92 Å². The van der Waals surface area contributed by atoms with Crippen molar-refractivity contribution in [2.45, 2.75) is 45.4 Å². The number of amides is 2. The number of aliphatic carboxylic acids is 1. The zero-order valence-corrected chi connectivity index (χ0v) is 20.0. The van der Waals surface area contributed by atoms with Crippen molar-refractivity contribution in [2.75, 3.05) is 26.2 Å². The first kappa shape index (κ1) is 25.3. The van der Waals surface area contributed by atoms with Gasteiger partial charge in [-0.2, -0.15) is 0 Å². The zero-order chi connectivity index (χ0) is 24.5. The molecule has 0 bridgehead atoms. The van der Waals surface area contributed by atoms with Crippen LogP contribution in [-0.2, 0) is 14.3 Å². The molecule has 0 heterocycles. The minimum Gasteiger partial charge on any atom is -0.481 e. The third-order valence-electron chi connectivity index (χ3n) is 6.36. The molecular weight excluding hydrogens is 432 g/mol. The molecule has 0 aliphatic heterocycles. The van der Waals surface area contributed by atoms with Gasteiger partial charge in [-0.3, -0.25) is 9.59 Å². The minimum atomic E-state index is -0.851. The topological polar surface area (TPSA) is 95.9 Å². The second-order valence-electron chi connectivity index (χ2n) is 8.71. The molecule has 3 rings (SSSR count). The van der Waals surface area contributed by atoms with E-state index < -0.39 is 12.1 Å². The fourth-order valence-corrected chi connectivity index (χ4v) is 4.53. The predicted octanol–water partition coefficient (Wildman–Crippen LogP) is 4.65. The maximum Gasteiger partial charge on any atom is 0.407 e. The van der Waals surface area contributed by atoms with E-state index in [-0.39, 0.29) is 30.8 Å². The fourth-order valence-electron chi connectivity index (χ4n) is 4.53. The number of carboxylic acid groups (broad SMARTS) is 1. The van der Waals surface area contributed by atoms with Crippen LogP contribution in [0.1, 0.15) is 56.6 Å². The van der Waals surface area contributed by atoms with Crippen LogP contribution < -0.4 is 5.32 Å². The van der Waals surface area contributed by atoms with Gasteiger partial charge in [0.2, 0.25) is 5.91 Å². The summed E-state index contributed by atoms with van der Waals surface area (Å²) < 4.78 is 5.54. The molecule has 0 aromatic heterocycles. The van der Waals surface area contributed by atoms with E-state index in [4.69, 9.17) is 9.84 Å². The van der Waals surface area contributed by atoms with E-state index >= 15 is 0 Å². The van der Waals surface area contributed by atoms with Gasteiger partial charge < -0.3 is 20.1 Å². The average Bonchev–Trinajstić information content (AvgIpc) is 3.16. The van der Waals surface area contributed by atoms with Crippen LogP contribution >= 0.6 is 0 Å². The summed E-state index contributed by atoms with van der Waals surface area (Å²) in [5.41, 5.74) is 4.73. The molecule has 1 aliphatic carbocycles. The van der Waals surface area contributed by atoms with Crippen LogP contribution in [0.4, 0.5) is 4.79 Å². The number of carbonyl (C=O) groups is 3. The summed E-state index contributed by atoms with van der Waals surface area (Å²) in [7, 11) is 0. The standard InChI is InChI=1S/C27H34N2O5/c1-3-29(17-9-15-25(30)31)26(32)19(2)10-8-16-28-27(33)34-18-24-22-13-6-4-11-20(22)21-12-5-7-14-23(21)24/h4-7,11-14,19,24H,3,8-10,15-18H2,1-2H3,(H,28,33)(H,30,31). The van der Waals surface area contributed by atoms with Gasteiger partial charge in [-0.05, 0) is 48.4 Å². The lowest BCUT2D eigenvalue weighted by Crippen LogP contribution is -2.36. The minimum absolute atomic E-state index is 0.0222. The molecule has 7 heteroatoms. The first-order valence-electron chi connectivity index (χ1n) is 12.0. The van der Waals surface area contributed by atoms with Gasteiger partial charge in [0.1, 0.15) is 6.61 Å². The van der Waals surface area contributed by atoms with Crippen LogP contribution in [-0.4, -0.2) is 54.2 Å². The molecule has 2 aromatic rings. The Bertz CT molecular complexity index is 961. The predicted molar refractivity (Wildman–Crippen MR) is 131 cm³/mol. The number of hydrogen-bond acceptors (Lipinski definition) is 4. The van der Waals surface area contributed by atoms with Crippen LogP contribution in [0.15, 0.2) is 48.5 Å². The van der Waals surface area contributed by atoms with Crippen molar-refractivity contribution in [3.8, 4) is 11.1 Å². The van der Waals surface area contributed by atoms with Crippen molar-refractivity contribution in [3.05, 3.63) is 59.7 Å². The normalized spacial score (nSPS) is 13.0. The third kappa shape index (κ3) is 6.37. The first-order chi connectivity index (χ1) is 16.4. The van der Waals surface area contributed by atoms with Gasteiger partial charge in [0.15, 0.2) is 0 Å². The summed E-state index contributed by atoms with van der Waals surface area (Å²) in [6.07, 6.45) is 1.35. The van der Waals surface area contributed by atoms with Gasteiger partial charge in [-0.15, -0.1) is 0 Å². The summed E-state index contributed by atoms with van der Waals surface area (Å²) in [6, 6.07) is 16.4. The molecule has 0 spiro atoms. The molecule has 0 fully saturated rings. The Balaban J connectivity index is 1.40. The highest BCUT2D eigenvalue weighted by molar-refractivity contribution is 5.79. The molecule has 1 atom stereocenters. The maximum atomic E-state index is 12.6. The van der Waals surface area contributed by atoms with E-state index in [0.29, 0.717) is 38.9 Å². The summed E-state index contributed by atoms with van der Waals surface area (Å²) in [5.74, 6) is -0.990. The lowest BCUT2D eigenvalue weighted by atomic mass is 9.98. The molecule has 34 heavy (non-hydrogen) atoms. The van der Waals surface area contributed by atoms with Crippen LogP contribution in [0, 0.1) is 5.92 Å². The van der Waals surface area contributed by atoms with E-state index in [1.165, 1.54) is 22.3 Å². The highest BCUT2D eigenvalue weighted by Gasteiger charge is 2.29. The Morgan fingerprint density at radius 1 is 1.03 bits per heavy atom. The molecule has 1 aliphatic rings. The smallest absolute Gasteiger partial charge is 0.407 e. The Morgan fingerprint density at radius 2 is 1.65 bits per heavy atom. The van der Waals surface area contributed by atoms with Gasteiger partial charge in [-0.1, -0.05) is 55.5 Å². The number of fused-ring (bicyclic) bond motifs is 3. The lowest BCUT2D eigenvalue weighted by molar-refractivity contribution is -0.139. The van der Waals surface area contributed by atoms with E-state index in [9.17, 15) is 14.4 Å². The Labute approximate surface area is 201 Å². The second kappa shape index (κ2) is 12.2. The Hall–Kier alpha value is -3.35. The van der Waals surface area contributed by atoms with Gasteiger partial charge in [0.25, 0.3) is 0 Å². The quantitative estimate of drug-likeness (QED) is 0.444. The lowest BCUT2D eigenvalue weighted by Gasteiger charge is -2.24. The first-order valence-corrected chi connectivity index (χ1v) is 12.0. The van der Waals surface area contributed by atoms with E-state index in [1.807, 2.05) is 38.1 Å². The van der Waals surface area contributed by atoms with Crippen LogP contribution in [0.3, 0.4) is 0 Å². The van der Waals surface area contributed by atoms with Gasteiger partial charge >= 0.3 is 12.1 Å². The summed E-state index contributed by atoms with van der Waals surface area (Å²) in [6.45, 7) is 5.47. The Morgan fingerprint density at radius 3 is 2.24 bits per heavy atom. The fraction of sp³-hybridized carbons (Fsp3) is 0.444. The SMILES string of the molecule is CCN(CCCC(=O)O)C(=O)C(C)CCCNC(=O)OCC1c2ccccc2-c2ccccc21. The third-order valence-corrected chi connectivity index (χ3v) is 6.36. The Kier molecular flexibility index (Phi) is 9.08. The number of nitrogens with zero attached hydrogens (tertiary/aromatic N) is 1. The van der Waals surface area contributed by atoms with Crippen LogP contribution in [0.25, 0.3) is 11.1 Å². The maximum absolute atomic E-state index is 12.6. The van der Waals surface area contributed by atoms with Crippen molar-refractivity contribution < 1.29 is 24.2 Å². The van der Waals surface area contributed by atoms with E-state index in [0.717, 1.165) is 0 Å². The second-order valence-corrected chi connectivity index (χ2v) is 8.71. The van der Waals surface area contributed by atoms with E-state index in [2.05, 4.69) is 29.6 Å². The highest BCUT2D eigenvalue weighted by atomic mass is 16.5. The molecule has 182 valence electrons. The monoisotopic (exact) mass is 466 g/mol. The molecule has 2 aromatic carbocycles. The van der Waals surface area contributed by atoms with Crippen molar-refractivity contribution in [1.82, 2.24) is 10.2 Å². The van der Waals surface area contributed by atoms with E-state index in [1.54, 1.807) is 4.90 Å². The number of alkyl carbamates (subject to hydrolysis) is 1. The number of rotatable bonds is 12. The molecular formula is C27H34N2O5. The van der Waals surface area contributed by atoms with Gasteiger partial charge in [0.05, 0.1) is 0 Å². The van der Waals surface area contributed by atoms with Crippen LogP contribution in [0.5, 0.6) is 0 Å². The summed E-state index contributed by atoms with van der Waals surface area (Å²) >= 11 is 0. The number of carboxylic acids is 1. The van der Waals surface area contributed by atoms with Crippen LogP contribution in [0.2, 0.25) is 0 Å². The number of nitrogens with one attached hydrogen (secondary N) is 1. The van der Waals surface area contributed by atoms with Crippen molar-refractivity contribution in [3.63, 3.8) is 0 Å². The molecule has 0 saturated carbocycles. The molecule has 0 saturated heterocycles. The number of benzene rings is 2. The zero-order valence-electron chi connectivity index (χ0n) is 20.0. The molecule has 1 unspecified atom stereocenters. The molecule has 0 radical (unpaired) electrons. The highest BCUT2D eigenvalue weighted by Crippen LogP contribution is 2.44. The van der Waals surface area contributed by atoms with Crippen molar-refractivity contribution >= 4 is 18.0 Å². The van der Waals surface area contributed by atoms with Crippen molar-refractivity contribution in [1.29, 1.82) is 0 Å². The largest absolute Gasteiger partial charge is 0.481 e.